The third-order valence-electron chi connectivity index (χ3n) is 4.01. The van der Waals surface area contributed by atoms with E-state index in [9.17, 15) is 9.59 Å². The smallest absolute Gasteiger partial charge is 0.341 e. The Morgan fingerprint density at radius 2 is 2.10 bits per heavy atom. The van der Waals surface area contributed by atoms with Crippen molar-refractivity contribution in [2.75, 3.05) is 11.4 Å². The van der Waals surface area contributed by atoms with Crippen LogP contribution in [0.4, 0.5) is 5.82 Å². The van der Waals surface area contributed by atoms with E-state index in [4.69, 9.17) is 5.11 Å². The van der Waals surface area contributed by atoms with Gasteiger partial charge in [-0.2, -0.15) is 0 Å². The molecule has 0 amide bonds. The molecule has 0 radical (unpaired) electrons. The molecule has 2 heterocycles. The van der Waals surface area contributed by atoms with Gasteiger partial charge in [0.05, 0.1) is 6.04 Å². The number of carboxylic acids is 1. The number of aromatic carboxylic acids is 1. The SMILES string of the molecule is CCN1c2ccc(C(=O)O)c(=O)n2C(C)=C2C=CC=CC21. The normalized spacial score (nSPS) is 19.5. The number of nitrogens with zero attached hydrogens (tertiary/aromatic N) is 2. The van der Waals surface area contributed by atoms with E-state index in [1.807, 2.05) is 32.1 Å². The second kappa shape index (κ2) is 4.77. The van der Waals surface area contributed by atoms with Crippen molar-refractivity contribution in [3.8, 4) is 0 Å². The molecule has 5 heteroatoms. The first kappa shape index (κ1) is 13.4. The van der Waals surface area contributed by atoms with Crippen molar-refractivity contribution in [1.29, 1.82) is 0 Å². The van der Waals surface area contributed by atoms with Gasteiger partial charge in [-0.25, -0.2) is 4.79 Å². The molecule has 0 fully saturated rings. The average Bonchev–Trinajstić information content (AvgIpc) is 2.47. The van der Waals surface area contributed by atoms with Gasteiger partial charge >= 0.3 is 5.97 Å². The van der Waals surface area contributed by atoms with E-state index in [1.165, 1.54) is 10.6 Å². The Kier molecular flexibility index (Phi) is 3.05. The highest BCUT2D eigenvalue weighted by Gasteiger charge is 2.30. The summed E-state index contributed by atoms with van der Waals surface area (Å²) in [6.45, 7) is 4.60. The molecule has 1 aliphatic heterocycles. The summed E-state index contributed by atoms with van der Waals surface area (Å²) in [6, 6.07) is 3.19. The number of hydrogen-bond donors (Lipinski definition) is 1. The molecule has 1 N–H and O–H groups in total. The summed E-state index contributed by atoms with van der Waals surface area (Å²) in [7, 11) is 0. The molecule has 1 aliphatic carbocycles. The maximum Gasteiger partial charge on any atom is 0.341 e. The minimum absolute atomic E-state index is 0.0927. The molecule has 21 heavy (non-hydrogen) atoms. The second-order valence-electron chi connectivity index (χ2n) is 5.07. The van der Waals surface area contributed by atoms with Gasteiger partial charge in [0, 0.05) is 12.2 Å². The van der Waals surface area contributed by atoms with Crippen LogP contribution in [-0.4, -0.2) is 28.2 Å². The molecule has 0 saturated heterocycles. The molecule has 0 saturated carbocycles. The van der Waals surface area contributed by atoms with Crippen LogP contribution < -0.4 is 10.5 Å². The Morgan fingerprint density at radius 1 is 1.33 bits per heavy atom. The van der Waals surface area contributed by atoms with Crippen molar-refractivity contribution in [1.82, 2.24) is 4.57 Å². The molecule has 0 aromatic carbocycles. The molecule has 0 bridgehead atoms. The lowest BCUT2D eigenvalue weighted by Gasteiger charge is -2.39. The number of allylic oxidation sites excluding steroid dienone is 3. The molecule has 2 aliphatic rings. The number of carbonyl (C=O) groups is 1. The molecular formula is C16H16N2O3. The molecule has 1 atom stereocenters. The van der Waals surface area contributed by atoms with Crippen molar-refractivity contribution in [3.63, 3.8) is 0 Å². The summed E-state index contributed by atoms with van der Waals surface area (Å²) in [5.74, 6) is -0.462. The number of fused-ring (bicyclic) bond motifs is 2. The van der Waals surface area contributed by atoms with Gasteiger partial charge in [0.25, 0.3) is 5.56 Å². The van der Waals surface area contributed by atoms with Crippen LogP contribution in [0.5, 0.6) is 0 Å². The first-order valence-corrected chi connectivity index (χ1v) is 6.88. The van der Waals surface area contributed by atoms with E-state index >= 15 is 0 Å². The fourth-order valence-corrected chi connectivity index (χ4v) is 3.01. The van der Waals surface area contributed by atoms with E-state index in [0.29, 0.717) is 0 Å². The van der Waals surface area contributed by atoms with Crippen LogP contribution in [-0.2, 0) is 0 Å². The van der Waals surface area contributed by atoms with Crippen LogP contribution in [0, 0.1) is 0 Å². The lowest BCUT2D eigenvalue weighted by Crippen LogP contribution is -2.44. The van der Waals surface area contributed by atoms with Gasteiger partial charge in [-0.1, -0.05) is 24.3 Å². The Balaban J connectivity index is 2.33. The summed E-state index contributed by atoms with van der Waals surface area (Å²) in [6.07, 6.45) is 7.98. The predicted octanol–water partition coefficient (Wildman–Crippen LogP) is 2.11. The molecule has 1 unspecified atom stereocenters. The number of rotatable bonds is 2. The van der Waals surface area contributed by atoms with Crippen LogP contribution in [0.3, 0.4) is 0 Å². The van der Waals surface area contributed by atoms with Crippen LogP contribution in [0.1, 0.15) is 24.2 Å². The minimum Gasteiger partial charge on any atom is -0.477 e. The summed E-state index contributed by atoms with van der Waals surface area (Å²) < 4.78 is 1.50. The maximum atomic E-state index is 12.5. The first-order valence-electron chi connectivity index (χ1n) is 6.88. The van der Waals surface area contributed by atoms with Crippen LogP contribution in [0.25, 0.3) is 5.70 Å². The quantitative estimate of drug-likeness (QED) is 0.903. The second-order valence-corrected chi connectivity index (χ2v) is 5.07. The third-order valence-corrected chi connectivity index (χ3v) is 4.01. The van der Waals surface area contributed by atoms with Gasteiger partial charge in [-0.3, -0.25) is 9.36 Å². The zero-order valence-corrected chi connectivity index (χ0v) is 11.9. The Bertz CT molecular complexity index is 768. The zero-order valence-electron chi connectivity index (χ0n) is 11.9. The Hall–Kier alpha value is -2.56. The number of aromatic nitrogens is 1. The topological polar surface area (TPSA) is 62.5 Å². The highest BCUT2D eigenvalue weighted by Crippen LogP contribution is 2.33. The Labute approximate surface area is 122 Å². The van der Waals surface area contributed by atoms with E-state index in [2.05, 4.69) is 11.0 Å². The summed E-state index contributed by atoms with van der Waals surface area (Å²) in [4.78, 5) is 25.8. The highest BCUT2D eigenvalue weighted by atomic mass is 16.4. The molecule has 5 nitrogen and oxygen atoms in total. The van der Waals surface area contributed by atoms with Crippen molar-refractivity contribution >= 4 is 17.5 Å². The van der Waals surface area contributed by atoms with Crippen LogP contribution in [0.15, 0.2) is 46.8 Å². The third kappa shape index (κ3) is 1.85. The zero-order chi connectivity index (χ0) is 15.1. The van der Waals surface area contributed by atoms with E-state index < -0.39 is 11.5 Å². The van der Waals surface area contributed by atoms with E-state index in [0.717, 1.165) is 23.6 Å². The van der Waals surface area contributed by atoms with Gasteiger partial charge in [-0.15, -0.1) is 0 Å². The largest absolute Gasteiger partial charge is 0.477 e. The number of anilines is 1. The number of hydrogen-bond acceptors (Lipinski definition) is 3. The minimum atomic E-state index is -1.20. The van der Waals surface area contributed by atoms with Crippen LogP contribution in [0.2, 0.25) is 0 Å². The fourth-order valence-electron chi connectivity index (χ4n) is 3.01. The summed E-state index contributed by atoms with van der Waals surface area (Å²) >= 11 is 0. The number of carboxylic acid groups (broad SMARTS) is 1. The molecule has 3 rings (SSSR count). The maximum absolute atomic E-state index is 12.5. The predicted molar refractivity (Wildman–Crippen MR) is 81.6 cm³/mol. The number of pyridine rings is 1. The van der Waals surface area contributed by atoms with Gasteiger partial charge in [-0.05, 0) is 31.6 Å². The lowest BCUT2D eigenvalue weighted by atomic mass is 9.96. The average molecular weight is 284 g/mol. The van der Waals surface area contributed by atoms with Gasteiger partial charge in [0.1, 0.15) is 11.4 Å². The number of likely N-dealkylation sites (N-methyl/N-ethyl adjacent to an activating group) is 1. The standard InChI is InChI=1S/C16H16N2O3/c1-3-17-13-7-5-4-6-11(13)10(2)18-14(17)9-8-12(15(18)19)16(20)21/h4-9,13H,3H2,1-2H3,(H,20,21). The van der Waals surface area contributed by atoms with Gasteiger partial charge in [0.15, 0.2) is 0 Å². The molecule has 1 aromatic heterocycles. The Morgan fingerprint density at radius 3 is 2.76 bits per heavy atom. The van der Waals surface area contributed by atoms with E-state index in [1.54, 1.807) is 6.07 Å². The highest BCUT2D eigenvalue weighted by molar-refractivity contribution is 5.88. The van der Waals surface area contributed by atoms with E-state index in [-0.39, 0.29) is 11.6 Å². The summed E-state index contributed by atoms with van der Waals surface area (Å²) in [5.41, 5.74) is 1.12. The monoisotopic (exact) mass is 284 g/mol. The summed E-state index contributed by atoms with van der Waals surface area (Å²) in [5, 5.41) is 9.14. The van der Waals surface area contributed by atoms with Crippen LogP contribution >= 0.6 is 0 Å². The van der Waals surface area contributed by atoms with Crippen molar-refractivity contribution in [2.24, 2.45) is 0 Å². The van der Waals surface area contributed by atoms with Crippen molar-refractivity contribution in [2.45, 2.75) is 19.9 Å². The van der Waals surface area contributed by atoms with Gasteiger partial charge in [0.2, 0.25) is 0 Å². The van der Waals surface area contributed by atoms with Crippen molar-refractivity contribution < 1.29 is 9.90 Å². The first-order chi connectivity index (χ1) is 10.1. The lowest BCUT2D eigenvalue weighted by molar-refractivity contribution is 0.0694. The molecule has 108 valence electrons. The fraction of sp³-hybridized carbons (Fsp3) is 0.250. The molecule has 0 spiro atoms. The molecule has 1 aromatic rings. The van der Waals surface area contributed by atoms with Crippen molar-refractivity contribution in [3.05, 3.63) is 57.9 Å². The molecular weight excluding hydrogens is 268 g/mol. The van der Waals surface area contributed by atoms with Gasteiger partial charge < -0.3 is 10.0 Å².